The fraction of sp³-hybridized carbons (Fsp3) is 0.211. The average molecular weight is 351 g/mol. The highest BCUT2D eigenvalue weighted by Crippen LogP contribution is 2.15. The molecule has 1 amide bonds. The minimum Gasteiger partial charge on any atom is -0.484 e. The summed E-state index contributed by atoms with van der Waals surface area (Å²) in [6, 6.07) is 15.2. The van der Waals surface area contributed by atoms with Crippen LogP contribution in [0.5, 0.6) is 5.75 Å². The number of hydrogen-bond acceptors (Lipinski definition) is 5. The second kappa shape index (κ2) is 7.69. The molecule has 0 unspecified atom stereocenters. The number of carbonyl (C=O) groups excluding carboxylic acids is 1. The van der Waals surface area contributed by atoms with Gasteiger partial charge in [0.2, 0.25) is 5.95 Å². The van der Waals surface area contributed by atoms with Gasteiger partial charge in [0.1, 0.15) is 5.75 Å². The average Bonchev–Trinajstić information content (AvgIpc) is 3.07. The van der Waals surface area contributed by atoms with E-state index in [4.69, 9.17) is 4.74 Å². The van der Waals surface area contributed by atoms with E-state index >= 15 is 0 Å². The van der Waals surface area contributed by atoms with Gasteiger partial charge in [0.15, 0.2) is 6.61 Å². The van der Waals surface area contributed by atoms with E-state index in [9.17, 15) is 4.79 Å². The summed E-state index contributed by atoms with van der Waals surface area (Å²) in [4.78, 5) is 20.6. The number of hydrogen-bond donors (Lipinski definition) is 2. The van der Waals surface area contributed by atoms with Gasteiger partial charge in [0.05, 0.1) is 16.7 Å². The van der Waals surface area contributed by atoms with Gasteiger partial charge in [-0.2, -0.15) is 5.10 Å². The van der Waals surface area contributed by atoms with Crippen LogP contribution in [0.25, 0.3) is 11.0 Å². The molecule has 0 bridgehead atoms. The lowest BCUT2D eigenvalue weighted by atomic mass is 10.1. The number of amides is 1. The first-order valence-corrected chi connectivity index (χ1v) is 8.21. The molecular weight excluding hydrogens is 330 g/mol. The van der Waals surface area contributed by atoms with Crippen LogP contribution in [0.2, 0.25) is 0 Å². The van der Waals surface area contributed by atoms with E-state index in [-0.39, 0.29) is 12.5 Å². The smallest absolute Gasteiger partial charge is 0.259 e. The normalized spacial score (nSPS) is 11.4. The maximum atomic E-state index is 11.5. The largest absolute Gasteiger partial charge is 0.484 e. The van der Waals surface area contributed by atoms with Gasteiger partial charge >= 0.3 is 0 Å². The van der Waals surface area contributed by atoms with Crippen molar-refractivity contribution < 1.29 is 9.53 Å². The lowest BCUT2D eigenvalue weighted by Crippen LogP contribution is -2.27. The fourth-order valence-corrected chi connectivity index (χ4v) is 2.27. The molecule has 0 atom stereocenters. The predicted molar refractivity (Wildman–Crippen MR) is 103 cm³/mol. The van der Waals surface area contributed by atoms with Gasteiger partial charge < -0.3 is 14.6 Å². The van der Waals surface area contributed by atoms with Crippen LogP contribution in [-0.2, 0) is 4.79 Å². The van der Waals surface area contributed by atoms with Crippen LogP contribution in [0, 0.1) is 0 Å². The van der Waals surface area contributed by atoms with E-state index in [1.165, 1.54) is 4.90 Å². The van der Waals surface area contributed by atoms with Crippen molar-refractivity contribution in [3.05, 3.63) is 54.1 Å². The molecule has 1 heterocycles. The number of nitrogens with one attached hydrogen (secondary N) is 2. The van der Waals surface area contributed by atoms with Crippen LogP contribution in [0.3, 0.4) is 0 Å². The van der Waals surface area contributed by atoms with Crippen molar-refractivity contribution in [1.29, 1.82) is 0 Å². The number of para-hydroxylation sites is 2. The SMILES string of the molecule is C/C(=N/Nc1nc2ccccc2[nH]1)c1ccc(OCC(=O)N(C)C)cc1. The number of H-pyrrole nitrogens is 1. The number of fused-ring (bicyclic) bond motifs is 1. The van der Waals surface area contributed by atoms with Crippen molar-refractivity contribution in [3.63, 3.8) is 0 Å². The Morgan fingerprint density at radius 2 is 1.92 bits per heavy atom. The van der Waals surface area contributed by atoms with Crippen molar-refractivity contribution in [2.24, 2.45) is 5.10 Å². The molecule has 0 spiro atoms. The fourth-order valence-electron chi connectivity index (χ4n) is 2.27. The second-order valence-electron chi connectivity index (χ2n) is 6.01. The van der Waals surface area contributed by atoms with Gasteiger partial charge in [-0.15, -0.1) is 0 Å². The van der Waals surface area contributed by atoms with Gasteiger partial charge in [0.25, 0.3) is 5.91 Å². The molecule has 7 heteroatoms. The summed E-state index contributed by atoms with van der Waals surface area (Å²) in [6.07, 6.45) is 0. The molecule has 134 valence electrons. The van der Waals surface area contributed by atoms with Crippen LogP contribution in [0.15, 0.2) is 53.6 Å². The number of aromatic nitrogens is 2. The molecule has 0 aliphatic carbocycles. The summed E-state index contributed by atoms with van der Waals surface area (Å²) in [5, 5.41) is 4.36. The van der Waals surface area contributed by atoms with Crippen LogP contribution < -0.4 is 10.2 Å². The summed E-state index contributed by atoms with van der Waals surface area (Å²) in [5.41, 5.74) is 6.53. The van der Waals surface area contributed by atoms with E-state index in [0.29, 0.717) is 11.7 Å². The molecule has 1 aromatic heterocycles. The molecule has 2 N–H and O–H groups in total. The molecule has 0 aliphatic rings. The first-order valence-electron chi connectivity index (χ1n) is 8.21. The summed E-state index contributed by atoms with van der Waals surface area (Å²) in [7, 11) is 3.40. The number of aromatic amines is 1. The number of carbonyl (C=O) groups is 1. The number of rotatable bonds is 6. The molecule has 26 heavy (non-hydrogen) atoms. The molecular formula is C19H21N5O2. The standard InChI is InChI=1S/C19H21N5O2/c1-13(22-23-19-20-16-6-4-5-7-17(16)21-19)14-8-10-15(11-9-14)26-12-18(25)24(2)3/h4-11H,12H2,1-3H3,(H2,20,21,23)/b22-13-. The minimum atomic E-state index is -0.0816. The van der Waals surface area contributed by atoms with Crippen molar-refractivity contribution in [3.8, 4) is 5.75 Å². The number of anilines is 1. The van der Waals surface area contributed by atoms with Crippen molar-refractivity contribution >= 4 is 28.6 Å². The topological polar surface area (TPSA) is 82.6 Å². The molecule has 0 saturated heterocycles. The van der Waals surface area contributed by atoms with Gasteiger partial charge in [0, 0.05) is 14.1 Å². The van der Waals surface area contributed by atoms with Gasteiger partial charge in [-0.1, -0.05) is 12.1 Å². The maximum absolute atomic E-state index is 11.5. The highest BCUT2D eigenvalue weighted by atomic mass is 16.5. The van der Waals surface area contributed by atoms with Crippen molar-refractivity contribution in [2.45, 2.75) is 6.92 Å². The number of hydrazone groups is 1. The van der Waals surface area contributed by atoms with Crippen LogP contribution in [0.4, 0.5) is 5.95 Å². The van der Waals surface area contributed by atoms with E-state index in [0.717, 1.165) is 22.3 Å². The van der Waals surface area contributed by atoms with E-state index in [1.54, 1.807) is 14.1 Å². The van der Waals surface area contributed by atoms with Gasteiger partial charge in [-0.3, -0.25) is 4.79 Å². The summed E-state index contributed by atoms with van der Waals surface area (Å²) >= 11 is 0. The number of likely N-dealkylation sites (N-methyl/N-ethyl adjacent to an activating group) is 1. The second-order valence-corrected chi connectivity index (χ2v) is 6.01. The Bertz CT molecular complexity index is 896. The van der Waals surface area contributed by atoms with E-state index in [2.05, 4.69) is 20.5 Å². The molecule has 0 fully saturated rings. The Morgan fingerprint density at radius 1 is 1.19 bits per heavy atom. The lowest BCUT2D eigenvalue weighted by Gasteiger charge is -2.11. The zero-order chi connectivity index (χ0) is 18.5. The number of nitrogens with zero attached hydrogens (tertiary/aromatic N) is 3. The Labute approximate surface area is 151 Å². The van der Waals surface area contributed by atoms with Crippen molar-refractivity contribution in [1.82, 2.24) is 14.9 Å². The summed E-state index contributed by atoms with van der Waals surface area (Å²) in [5.74, 6) is 1.15. The Balaban J connectivity index is 1.62. The molecule has 2 aromatic carbocycles. The highest BCUT2D eigenvalue weighted by Gasteiger charge is 2.06. The molecule has 3 rings (SSSR count). The zero-order valence-corrected chi connectivity index (χ0v) is 15.0. The molecule has 0 saturated carbocycles. The zero-order valence-electron chi connectivity index (χ0n) is 15.0. The van der Waals surface area contributed by atoms with Crippen LogP contribution in [-0.4, -0.2) is 47.2 Å². The maximum Gasteiger partial charge on any atom is 0.259 e. The third-order valence-corrected chi connectivity index (χ3v) is 3.85. The highest BCUT2D eigenvalue weighted by molar-refractivity contribution is 5.99. The lowest BCUT2D eigenvalue weighted by molar-refractivity contribution is -0.130. The molecule has 0 radical (unpaired) electrons. The monoisotopic (exact) mass is 351 g/mol. The number of ether oxygens (including phenoxy) is 1. The van der Waals surface area contributed by atoms with Crippen LogP contribution in [0.1, 0.15) is 12.5 Å². The van der Waals surface area contributed by atoms with Crippen LogP contribution >= 0.6 is 0 Å². The Hall–Kier alpha value is -3.35. The Morgan fingerprint density at radius 3 is 2.62 bits per heavy atom. The molecule has 3 aromatic rings. The minimum absolute atomic E-state index is 0.0209. The quantitative estimate of drug-likeness (QED) is 0.528. The molecule has 0 aliphatic heterocycles. The Kier molecular flexibility index (Phi) is 5.17. The van der Waals surface area contributed by atoms with E-state index in [1.807, 2.05) is 55.5 Å². The third kappa shape index (κ3) is 4.18. The number of benzene rings is 2. The predicted octanol–water partition coefficient (Wildman–Crippen LogP) is 2.87. The first-order chi connectivity index (χ1) is 12.5. The van der Waals surface area contributed by atoms with Gasteiger partial charge in [-0.05, 0) is 48.9 Å². The van der Waals surface area contributed by atoms with Crippen molar-refractivity contribution in [2.75, 3.05) is 26.1 Å². The summed E-state index contributed by atoms with van der Waals surface area (Å²) < 4.78 is 5.47. The molecule has 7 nitrogen and oxygen atoms in total. The third-order valence-electron chi connectivity index (χ3n) is 3.85. The number of imidazole rings is 1. The summed E-state index contributed by atoms with van der Waals surface area (Å²) in [6.45, 7) is 1.92. The first kappa shape index (κ1) is 17.5. The van der Waals surface area contributed by atoms with Gasteiger partial charge in [-0.25, -0.2) is 10.4 Å². The van der Waals surface area contributed by atoms with E-state index < -0.39 is 0 Å².